The van der Waals surface area contributed by atoms with Crippen LogP contribution >= 0.6 is 0 Å². The lowest BCUT2D eigenvalue weighted by molar-refractivity contribution is -0.384. The smallest absolute Gasteiger partial charge is 0.303 e. The van der Waals surface area contributed by atoms with E-state index in [0.717, 1.165) is 27.7 Å². The molecule has 2 aliphatic rings. The van der Waals surface area contributed by atoms with Crippen molar-refractivity contribution in [1.82, 2.24) is 0 Å². The third-order valence-corrected chi connectivity index (χ3v) is 12.6. The molecule has 1 aromatic carbocycles. The Bertz CT molecular complexity index is 1500. The summed E-state index contributed by atoms with van der Waals surface area (Å²) in [6, 6.07) is 5.37. The molecular formula is C33H45NO16Si. The summed E-state index contributed by atoms with van der Waals surface area (Å²) >= 11 is 0. The monoisotopic (exact) mass is 739 g/mol. The summed E-state index contributed by atoms with van der Waals surface area (Å²) in [5.74, 6) is -3.68. The number of non-ortho nitro benzene ring substituents is 1. The molecule has 0 aromatic heterocycles. The summed E-state index contributed by atoms with van der Waals surface area (Å²) in [6.45, 7) is 15.1. The van der Waals surface area contributed by atoms with Gasteiger partial charge < -0.3 is 42.3 Å². The van der Waals surface area contributed by atoms with E-state index in [0.29, 0.717) is 5.56 Å². The molecule has 0 aliphatic carbocycles. The fourth-order valence-corrected chi connectivity index (χ4v) is 6.09. The second-order valence-corrected chi connectivity index (χ2v) is 18.2. The van der Waals surface area contributed by atoms with Gasteiger partial charge in [-0.15, -0.1) is 0 Å². The first kappa shape index (κ1) is 41.0. The third-order valence-electron chi connectivity index (χ3n) is 8.26. The number of hydrogen-bond donors (Lipinski definition) is 0. The number of rotatable bonds is 12. The van der Waals surface area contributed by atoms with E-state index in [4.69, 9.17) is 42.3 Å². The molecule has 282 valence electrons. The van der Waals surface area contributed by atoms with Gasteiger partial charge in [-0.1, -0.05) is 20.8 Å². The van der Waals surface area contributed by atoms with E-state index in [-0.39, 0.29) is 16.5 Å². The number of esters is 5. The SMILES string of the molecule is CC(=O)OC[C@H]1O[C@@H](O[C@@H]2C=C(O[Si](C)(C)C(C)(C)C)[C@H](OC(C)=O)[C@H](c3ccc([N+](=O)[O-])cc3)O2)[C@H](OC(C)=O)[C@@H](OC(C)=O)[C@@H]1OC(C)=O. The maximum absolute atomic E-state index is 12.4. The van der Waals surface area contributed by atoms with Crippen molar-refractivity contribution in [3.8, 4) is 0 Å². The van der Waals surface area contributed by atoms with Gasteiger partial charge in [-0.3, -0.25) is 34.1 Å². The topological polar surface area (TPSA) is 212 Å². The zero-order valence-corrected chi connectivity index (χ0v) is 31.2. The van der Waals surface area contributed by atoms with Gasteiger partial charge in [0.25, 0.3) is 5.69 Å². The van der Waals surface area contributed by atoms with Crippen molar-refractivity contribution < 1.29 is 71.2 Å². The van der Waals surface area contributed by atoms with Crippen LogP contribution in [-0.4, -0.2) is 92.8 Å². The van der Waals surface area contributed by atoms with Gasteiger partial charge in [0.15, 0.2) is 30.7 Å². The first-order valence-corrected chi connectivity index (χ1v) is 18.9. The molecule has 0 N–H and O–H groups in total. The first-order valence-electron chi connectivity index (χ1n) is 16.0. The molecule has 2 aliphatic heterocycles. The molecule has 17 nitrogen and oxygen atoms in total. The molecular weight excluding hydrogens is 694 g/mol. The summed E-state index contributed by atoms with van der Waals surface area (Å²) in [6.07, 6.45) is -9.75. The van der Waals surface area contributed by atoms with Crippen LogP contribution in [0, 0.1) is 10.1 Å². The predicted octanol–water partition coefficient (Wildman–Crippen LogP) is 3.93. The fraction of sp³-hybridized carbons (Fsp3) is 0.606. The van der Waals surface area contributed by atoms with Crippen molar-refractivity contribution >= 4 is 43.9 Å². The van der Waals surface area contributed by atoms with Crippen molar-refractivity contribution in [2.75, 3.05) is 6.61 Å². The predicted molar refractivity (Wildman–Crippen MR) is 176 cm³/mol. The normalized spacial score (nSPS) is 26.5. The average molecular weight is 740 g/mol. The van der Waals surface area contributed by atoms with E-state index in [2.05, 4.69) is 0 Å². The molecule has 0 bridgehead atoms. The van der Waals surface area contributed by atoms with Crippen LogP contribution in [0.25, 0.3) is 0 Å². The van der Waals surface area contributed by atoms with Gasteiger partial charge >= 0.3 is 29.8 Å². The molecule has 0 radical (unpaired) electrons. The Morgan fingerprint density at radius 2 is 1.31 bits per heavy atom. The zero-order chi connectivity index (χ0) is 38.4. The van der Waals surface area contributed by atoms with Gasteiger partial charge in [-0.25, -0.2) is 0 Å². The molecule has 3 rings (SSSR count). The molecule has 8 atom stereocenters. The second kappa shape index (κ2) is 16.7. The van der Waals surface area contributed by atoms with Crippen LogP contribution in [0.2, 0.25) is 18.1 Å². The summed E-state index contributed by atoms with van der Waals surface area (Å²) < 4.78 is 52.6. The molecule has 18 heteroatoms. The minimum absolute atomic E-state index is 0.155. The maximum atomic E-state index is 12.4. The highest BCUT2D eigenvalue weighted by atomic mass is 28.4. The second-order valence-electron chi connectivity index (χ2n) is 13.4. The van der Waals surface area contributed by atoms with Gasteiger partial charge in [0.2, 0.25) is 14.6 Å². The van der Waals surface area contributed by atoms with E-state index >= 15 is 0 Å². The molecule has 0 amide bonds. The lowest BCUT2D eigenvalue weighted by atomic mass is 9.98. The van der Waals surface area contributed by atoms with Gasteiger partial charge in [0.05, 0.1) is 4.92 Å². The molecule has 1 aromatic rings. The molecule has 1 saturated heterocycles. The van der Waals surface area contributed by atoms with E-state index in [9.17, 15) is 34.1 Å². The molecule has 2 heterocycles. The number of benzene rings is 1. The van der Waals surface area contributed by atoms with E-state index in [1.54, 1.807) is 0 Å². The van der Waals surface area contributed by atoms with Gasteiger partial charge in [0, 0.05) is 52.8 Å². The molecule has 0 saturated carbocycles. The van der Waals surface area contributed by atoms with Crippen LogP contribution in [-0.2, 0) is 66.3 Å². The summed E-state index contributed by atoms with van der Waals surface area (Å²) in [5, 5.41) is 11.1. The number of nitro benzene ring substituents is 1. The van der Waals surface area contributed by atoms with Gasteiger partial charge in [-0.05, 0) is 35.8 Å². The van der Waals surface area contributed by atoms with E-state index < -0.39 is 98.9 Å². The van der Waals surface area contributed by atoms with Gasteiger partial charge in [-0.2, -0.15) is 0 Å². The Hall–Kier alpha value is -4.39. The summed E-state index contributed by atoms with van der Waals surface area (Å²) in [4.78, 5) is 71.8. The number of carbonyl (C=O) groups excluding carboxylic acids is 5. The number of carbonyl (C=O) groups is 5. The highest BCUT2D eigenvalue weighted by Gasteiger charge is 2.54. The molecule has 0 unspecified atom stereocenters. The Morgan fingerprint density at radius 1 is 0.784 bits per heavy atom. The van der Waals surface area contributed by atoms with Crippen molar-refractivity contribution in [2.24, 2.45) is 0 Å². The number of nitrogens with zero attached hydrogens (tertiary/aromatic N) is 1. The van der Waals surface area contributed by atoms with Gasteiger partial charge in [0.1, 0.15) is 24.6 Å². The Balaban J connectivity index is 2.18. The van der Waals surface area contributed by atoms with Crippen LogP contribution < -0.4 is 0 Å². The van der Waals surface area contributed by atoms with Crippen LogP contribution in [0.3, 0.4) is 0 Å². The summed E-state index contributed by atoms with van der Waals surface area (Å²) in [5.41, 5.74) is 0.156. The van der Waals surface area contributed by atoms with Crippen molar-refractivity contribution in [1.29, 1.82) is 0 Å². The lowest BCUT2D eigenvalue weighted by Crippen LogP contribution is -2.63. The highest BCUT2D eigenvalue weighted by Crippen LogP contribution is 2.43. The first-order chi connectivity index (χ1) is 23.6. The lowest BCUT2D eigenvalue weighted by Gasteiger charge is -2.46. The van der Waals surface area contributed by atoms with Crippen LogP contribution in [0.5, 0.6) is 0 Å². The molecule has 51 heavy (non-hydrogen) atoms. The van der Waals surface area contributed by atoms with Crippen molar-refractivity contribution in [3.63, 3.8) is 0 Å². The van der Waals surface area contributed by atoms with Crippen LogP contribution in [0.15, 0.2) is 36.1 Å². The number of ether oxygens (including phenoxy) is 8. The van der Waals surface area contributed by atoms with Crippen molar-refractivity contribution in [3.05, 3.63) is 51.8 Å². The molecule has 1 fully saturated rings. The number of nitro groups is 1. The van der Waals surface area contributed by atoms with E-state index in [1.165, 1.54) is 37.3 Å². The molecule has 0 spiro atoms. The van der Waals surface area contributed by atoms with Crippen LogP contribution in [0.1, 0.15) is 67.1 Å². The maximum Gasteiger partial charge on any atom is 0.303 e. The Morgan fingerprint density at radius 3 is 1.80 bits per heavy atom. The largest absolute Gasteiger partial charge is 0.544 e. The fourth-order valence-electron chi connectivity index (χ4n) is 5.01. The highest BCUT2D eigenvalue weighted by molar-refractivity contribution is 6.74. The summed E-state index contributed by atoms with van der Waals surface area (Å²) in [7, 11) is -2.66. The Labute approximate surface area is 296 Å². The third kappa shape index (κ3) is 11.0. The van der Waals surface area contributed by atoms with E-state index in [1.807, 2.05) is 33.9 Å². The quantitative estimate of drug-likeness (QED) is 0.0977. The Kier molecular flexibility index (Phi) is 13.5. The van der Waals surface area contributed by atoms with Crippen molar-refractivity contribution in [2.45, 2.75) is 123 Å². The standard InChI is InChI=1S/C33H45NO16Si/c1-17(35)42-16-25-29(44-19(3)37)30(45-20(4)38)31(46-21(5)39)32(47-25)49-26-15-24(50-51(9,10)33(6,7)8)28(43-18(2)36)27(48-26)22-11-13-23(14-12-22)34(40)41/h11-15,25-32H,16H2,1-10H3/t25-,26-,27+,28+,29-,30+,31-,32+/m1/s1. The average Bonchev–Trinajstić information content (AvgIpc) is 2.98. The zero-order valence-electron chi connectivity index (χ0n) is 30.2. The van der Waals surface area contributed by atoms with Crippen LogP contribution in [0.4, 0.5) is 5.69 Å². The minimum atomic E-state index is -2.66. The minimum Gasteiger partial charge on any atom is -0.544 e. The number of hydrogen-bond acceptors (Lipinski definition) is 16.